The first kappa shape index (κ1) is 15.1. The summed E-state index contributed by atoms with van der Waals surface area (Å²) in [5, 5.41) is 0.642. The predicted molar refractivity (Wildman–Crippen MR) is 89.6 cm³/mol. The van der Waals surface area contributed by atoms with Crippen molar-refractivity contribution >= 4 is 11.6 Å². The Kier molecular flexibility index (Phi) is 3.92. The van der Waals surface area contributed by atoms with E-state index in [1.54, 1.807) is 30.8 Å². The Morgan fingerprint density at radius 3 is 3.08 bits per heavy atom. The largest absolute Gasteiger partial charge is 0.461 e. The lowest BCUT2D eigenvalue weighted by Gasteiger charge is -2.27. The maximum absolute atomic E-state index is 12.4. The van der Waals surface area contributed by atoms with Crippen LogP contribution in [-0.2, 0) is 19.5 Å². The molecule has 1 N–H and O–H groups in total. The van der Waals surface area contributed by atoms with Crippen LogP contribution in [0.4, 0.5) is 0 Å². The second kappa shape index (κ2) is 6.22. The number of nitrogens with one attached hydrogen (secondary N) is 1. The minimum absolute atomic E-state index is 0.114. The highest BCUT2D eigenvalue weighted by molar-refractivity contribution is 6.31. The fourth-order valence-electron chi connectivity index (χ4n) is 2.92. The smallest absolute Gasteiger partial charge is 0.256 e. The van der Waals surface area contributed by atoms with Gasteiger partial charge in [0.2, 0.25) is 0 Å². The Labute approximate surface area is 143 Å². The minimum Gasteiger partial charge on any atom is -0.461 e. The van der Waals surface area contributed by atoms with E-state index in [0.717, 1.165) is 24.2 Å². The molecule has 0 atom stereocenters. The molecular weight excluding hydrogens is 328 g/mol. The third-order valence-electron chi connectivity index (χ3n) is 4.15. The zero-order valence-electron chi connectivity index (χ0n) is 12.8. The van der Waals surface area contributed by atoms with Crippen molar-refractivity contribution in [3.8, 4) is 11.6 Å². The van der Waals surface area contributed by atoms with Crippen molar-refractivity contribution < 1.29 is 4.42 Å². The number of fused-ring (bicyclic) bond motifs is 1. The molecule has 1 aliphatic heterocycles. The highest BCUT2D eigenvalue weighted by Gasteiger charge is 2.22. The quantitative estimate of drug-likeness (QED) is 0.792. The monoisotopic (exact) mass is 342 g/mol. The lowest BCUT2D eigenvalue weighted by atomic mass is 10.1. The Hall–Kier alpha value is -2.44. The highest BCUT2D eigenvalue weighted by Crippen LogP contribution is 2.22. The van der Waals surface area contributed by atoms with Crippen LogP contribution in [0.3, 0.4) is 0 Å². The summed E-state index contributed by atoms with van der Waals surface area (Å²) in [4.78, 5) is 26.0. The second-order valence-electron chi connectivity index (χ2n) is 5.74. The number of H-pyrrole nitrogens is 1. The van der Waals surface area contributed by atoms with Gasteiger partial charge in [0.1, 0.15) is 0 Å². The molecular formula is C17H15ClN4O2. The van der Waals surface area contributed by atoms with Gasteiger partial charge >= 0.3 is 0 Å². The summed E-state index contributed by atoms with van der Waals surface area (Å²) in [7, 11) is 0. The molecule has 0 spiro atoms. The minimum atomic E-state index is -0.114. The van der Waals surface area contributed by atoms with E-state index < -0.39 is 0 Å². The van der Waals surface area contributed by atoms with E-state index in [1.165, 1.54) is 0 Å². The van der Waals surface area contributed by atoms with Gasteiger partial charge in [-0.3, -0.25) is 14.7 Å². The van der Waals surface area contributed by atoms with Gasteiger partial charge in [0.05, 0.1) is 22.5 Å². The molecule has 0 aliphatic carbocycles. The number of furan rings is 1. The summed E-state index contributed by atoms with van der Waals surface area (Å²) in [6.45, 7) is 2.05. The maximum atomic E-state index is 12.4. The average molecular weight is 343 g/mol. The molecule has 0 unspecified atom stereocenters. The molecule has 0 aromatic carbocycles. The molecule has 0 saturated heterocycles. The van der Waals surface area contributed by atoms with E-state index in [4.69, 9.17) is 16.0 Å². The standard InChI is InChI=1S/C17H15ClN4O2/c18-13-8-19-5-3-11(13)9-22-6-4-14-12(10-22)17(23)21-16(20-14)15-2-1-7-24-15/h1-3,5,7-8H,4,6,9-10H2,(H,20,21,23). The van der Waals surface area contributed by atoms with Gasteiger partial charge in [-0.1, -0.05) is 11.6 Å². The van der Waals surface area contributed by atoms with Gasteiger partial charge in [-0.05, 0) is 23.8 Å². The summed E-state index contributed by atoms with van der Waals surface area (Å²) < 4.78 is 5.32. The molecule has 0 saturated carbocycles. The van der Waals surface area contributed by atoms with Crippen molar-refractivity contribution in [1.29, 1.82) is 0 Å². The van der Waals surface area contributed by atoms with E-state index in [-0.39, 0.29) is 5.56 Å². The summed E-state index contributed by atoms with van der Waals surface area (Å²) in [5.41, 5.74) is 2.44. The molecule has 24 heavy (non-hydrogen) atoms. The number of hydrogen-bond acceptors (Lipinski definition) is 5. The molecule has 0 bridgehead atoms. The number of hydrogen-bond donors (Lipinski definition) is 1. The molecule has 3 aromatic rings. The maximum Gasteiger partial charge on any atom is 0.256 e. The Morgan fingerprint density at radius 2 is 2.29 bits per heavy atom. The van der Waals surface area contributed by atoms with Crippen LogP contribution >= 0.6 is 11.6 Å². The van der Waals surface area contributed by atoms with Crippen LogP contribution in [0.1, 0.15) is 16.8 Å². The summed E-state index contributed by atoms with van der Waals surface area (Å²) in [6, 6.07) is 5.46. The van der Waals surface area contributed by atoms with E-state index >= 15 is 0 Å². The van der Waals surface area contributed by atoms with Crippen molar-refractivity contribution in [2.24, 2.45) is 0 Å². The van der Waals surface area contributed by atoms with Crippen LogP contribution < -0.4 is 5.56 Å². The number of halogens is 1. The highest BCUT2D eigenvalue weighted by atomic mass is 35.5. The van der Waals surface area contributed by atoms with Gasteiger partial charge < -0.3 is 9.40 Å². The number of nitrogens with zero attached hydrogens (tertiary/aromatic N) is 3. The SMILES string of the molecule is O=c1[nH]c(-c2ccco2)nc2c1CN(Cc1ccncc1Cl)CC2. The van der Waals surface area contributed by atoms with Gasteiger partial charge in [0, 0.05) is 38.4 Å². The summed E-state index contributed by atoms with van der Waals surface area (Å²) in [5.74, 6) is 1.05. The van der Waals surface area contributed by atoms with Crippen molar-refractivity contribution in [3.63, 3.8) is 0 Å². The molecule has 7 heteroatoms. The molecule has 0 radical (unpaired) electrons. The molecule has 122 valence electrons. The van der Waals surface area contributed by atoms with E-state index in [2.05, 4.69) is 19.9 Å². The van der Waals surface area contributed by atoms with Crippen LogP contribution in [0.5, 0.6) is 0 Å². The van der Waals surface area contributed by atoms with E-state index in [1.807, 2.05) is 6.07 Å². The average Bonchev–Trinajstić information content (AvgIpc) is 3.12. The molecule has 0 amide bonds. The zero-order valence-corrected chi connectivity index (χ0v) is 13.6. The van der Waals surface area contributed by atoms with Crippen LogP contribution in [-0.4, -0.2) is 26.4 Å². The van der Waals surface area contributed by atoms with Gasteiger partial charge in [-0.2, -0.15) is 0 Å². The first-order chi connectivity index (χ1) is 11.7. The summed E-state index contributed by atoms with van der Waals surface area (Å²) in [6.07, 6.45) is 5.65. The Morgan fingerprint density at radius 1 is 1.38 bits per heavy atom. The van der Waals surface area contributed by atoms with Crippen LogP contribution in [0.2, 0.25) is 5.02 Å². The first-order valence-electron chi connectivity index (χ1n) is 7.67. The third kappa shape index (κ3) is 2.86. The van der Waals surface area contributed by atoms with E-state index in [0.29, 0.717) is 35.3 Å². The zero-order chi connectivity index (χ0) is 16.5. The number of aromatic nitrogens is 3. The van der Waals surface area contributed by atoms with Crippen LogP contribution in [0, 0.1) is 0 Å². The second-order valence-corrected chi connectivity index (χ2v) is 6.15. The first-order valence-corrected chi connectivity index (χ1v) is 8.05. The number of aromatic amines is 1. The van der Waals surface area contributed by atoms with Gasteiger partial charge in [0.25, 0.3) is 5.56 Å². The number of rotatable bonds is 3. The van der Waals surface area contributed by atoms with Crippen molar-refractivity contribution in [1.82, 2.24) is 19.9 Å². The summed E-state index contributed by atoms with van der Waals surface area (Å²) >= 11 is 6.17. The van der Waals surface area contributed by atoms with Crippen molar-refractivity contribution in [2.45, 2.75) is 19.5 Å². The topological polar surface area (TPSA) is 75.0 Å². The third-order valence-corrected chi connectivity index (χ3v) is 4.49. The molecule has 3 aromatic heterocycles. The fourth-order valence-corrected chi connectivity index (χ4v) is 3.10. The molecule has 6 nitrogen and oxygen atoms in total. The van der Waals surface area contributed by atoms with Crippen LogP contribution in [0.15, 0.2) is 46.1 Å². The lowest BCUT2D eigenvalue weighted by Crippen LogP contribution is -2.35. The normalized spacial score (nSPS) is 14.5. The van der Waals surface area contributed by atoms with Gasteiger partial charge in [-0.25, -0.2) is 4.98 Å². The van der Waals surface area contributed by atoms with E-state index in [9.17, 15) is 4.79 Å². The van der Waals surface area contributed by atoms with Crippen molar-refractivity contribution in [2.75, 3.05) is 6.54 Å². The Bertz CT molecular complexity index is 921. The van der Waals surface area contributed by atoms with Gasteiger partial charge in [-0.15, -0.1) is 0 Å². The number of pyridine rings is 1. The predicted octanol–water partition coefficient (Wildman–Crippen LogP) is 2.64. The van der Waals surface area contributed by atoms with Crippen LogP contribution in [0.25, 0.3) is 11.6 Å². The van der Waals surface area contributed by atoms with Crippen molar-refractivity contribution in [3.05, 3.63) is 69.1 Å². The molecule has 4 rings (SSSR count). The fraction of sp³-hybridized carbons (Fsp3) is 0.235. The molecule has 4 heterocycles. The lowest BCUT2D eigenvalue weighted by molar-refractivity contribution is 0.242. The molecule has 1 aliphatic rings. The Balaban J connectivity index is 1.60. The van der Waals surface area contributed by atoms with Gasteiger partial charge in [0.15, 0.2) is 11.6 Å². The molecule has 0 fully saturated rings.